The molecule has 1 saturated heterocycles. The Kier molecular flexibility index (Phi) is 6.35. The van der Waals surface area contributed by atoms with E-state index in [0.717, 1.165) is 27.2 Å². The minimum Gasteiger partial charge on any atom is -0.454 e. The Morgan fingerprint density at radius 1 is 0.923 bits per heavy atom. The third kappa shape index (κ3) is 3.92. The Morgan fingerprint density at radius 3 is 1.90 bits per heavy atom. The molecule has 0 radical (unpaired) electrons. The number of esters is 1. The van der Waals surface area contributed by atoms with Gasteiger partial charge in [0.05, 0.1) is 16.9 Å². The molecule has 1 fully saturated rings. The number of amides is 3. The van der Waals surface area contributed by atoms with Crippen LogP contribution in [0.25, 0.3) is 0 Å². The summed E-state index contributed by atoms with van der Waals surface area (Å²) in [5.74, 6) is -3.83. The number of carbonyl (C=O) groups is 4. The van der Waals surface area contributed by atoms with Crippen LogP contribution in [0.2, 0.25) is 5.02 Å². The standard InChI is InChI=1S/C30H24BrClN2O5/c1-14-21(12-11-20(31)27(14)32)33-22(35)13-39-30(38)15(2)34-28(36)25-23-16-7-3-4-8-17(16)24(26(25)29(34)37)19-10-6-5-9-18(19)23/h3-12,15,23-26H,13H2,1-2H3,(H,33,35)/t15-,23?,24?,25-,26-/m0/s1. The zero-order valence-electron chi connectivity index (χ0n) is 21.1. The topological polar surface area (TPSA) is 92.8 Å². The normalized spacial score (nSPS) is 23.1. The van der Waals surface area contributed by atoms with Gasteiger partial charge in [0.1, 0.15) is 6.04 Å². The lowest BCUT2D eigenvalue weighted by Crippen LogP contribution is -2.45. The van der Waals surface area contributed by atoms with E-state index in [9.17, 15) is 19.2 Å². The van der Waals surface area contributed by atoms with Crippen molar-refractivity contribution < 1.29 is 23.9 Å². The fourth-order valence-electron chi connectivity index (χ4n) is 6.42. The lowest BCUT2D eigenvalue weighted by molar-refractivity contribution is -0.159. The van der Waals surface area contributed by atoms with Crippen LogP contribution < -0.4 is 5.32 Å². The predicted molar refractivity (Wildman–Crippen MR) is 148 cm³/mol. The van der Waals surface area contributed by atoms with E-state index < -0.39 is 36.4 Å². The molecule has 0 aromatic heterocycles. The molecule has 1 aliphatic heterocycles. The summed E-state index contributed by atoms with van der Waals surface area (Å²) in [7, 11) is 0. The molecule has 7 nitrogen and oxygen atoms in total. The molecule has 4 aliphatic rings. The third-order valence-electron chi connectivity index (χ3n) is 8.17. The molecule has 1 N–H and O–H groups in total. The quantitative estimate of drug-likeness (QED) is 0.319. The fraction of sp³-hybridized carbons (Fsp3) is 0.267. The summed E-state index contributed by atoms with van der Waals surface area (Å²) < 4.78 is 5.94. The first kappa shape index (κ1) is 25.8. The molecule has 3 aromatic carbocycles. The van der Waals surface area contributed by atoms with Crippen molar-refractivity contribution in [2.75, 3.05) is 11.9 Å². The zero-order valence-corrected chi connectivity index (χ0v) is 23.5. The van der Waals surface area contributed by atoms with Crippen LogP contribution in [-0.2, 0) is 23.9 Å². The fourth-order valence-corrected chi connectivity index (χ4v) is 7.01. The van der Waals surface area contributed by atoms with Crippen LogP contribution >= 0.6 is 27.5 Å². The maximum Gasteiger partial charge on any atom is 0.329 e. The van der Waals surface area contributed by atoms with Gasteiger partial charge in [-0.2, -0.15) is 0 Å². The van der Waals surface area contributed by atoms with E-state index in [0.29, 0.717) is 20.7 Å². The third-order valence-corrected chi connectivity index (χ3v) is 9.55. The van der Waals surface area contributed by atoms with Crippen molar-refractivity contribution in [3.8, 4) is 0 Å². The van der Waals surface area contributed by atoms with E-state index in [1.54, 1.807) is 19.1 Å². The van der Waals surface area contributed by atoms with E-state index >= 15 is 0 Å². The molecule has 3 aromatic rings. The smallest absolute Gasteiger partial charge is 0.329 e. The highest BCUT2D eigenvalue weighted by atomic mass is 79.9. The summed E-state index contributed by atoms with van der Waals surface area (Å²) in [6.45, 7) is 2.65. The number of nitrogens with zero attached hydrogens (tertiary/aromatic N) is 1. The Balaban J connectivity index is 1.20. The molecule has 198 valence electrons. The van der Waals surface area contributed by atoms with Crippen LogP contribution in [0.5, 0.6) is 0 Å². The highest BCUT2D eigenvalue weighted by molar-refractivity contribution is 9.10. The molecule has 3 amide bonds. The molecular weight excluding hydrogens is 584 g/mol. The van der Waals surface area contributed by atoms with Crippen molar-refractivity contribution in [2.24, 2.45) is 11.8 Å². The second-order valence-corrected chi connectivity index (χ2v) is 11.4. The van der Waals surface area contributed by atoms with E-state index in [-0.39, 0.29) is 23.7 Å². The molecule has 9 heteroatoms. The van der Waals surface area contributed by atoms with E-state index in [2.05, 4.69) is 21.2 Å². The molecule has 39 heavy (non-hydrogen) atoms. The van der Waals surface area contributed by atoms with Gasteiger partial charge in [-0.25, -0.2) is 4.79 Å². The zero-order chi connectivity index (χ0) is 27.6. The first-order valence-corrected chi connectivity index (χ1v) is 13.8. The first-order valence-electron chi connectivity index (χ1n) is 12.7. The Hall–Kier alpha value is -3.49. The van der Waals surface area contributed by atoms with Crippen molar-refractivity contribution in [2.45, 2.75) is 31.7 Å². The molecule has 3 aliphatic carbocycles. The van der Waals surface area contributed by atoms with Gasteiger partial charge in [-0.15, -0.1) is 0 Å². The van der Waals surface area contributed by atoms with Crippen LogP contribution in [0, 0.1) is 18.8 Å². The van der Waals surface area contributed by atoms with Gasteiger partial charge in [0.2, 0.25) is 11.8 Å². The number of carbonyl (C=O) groups excluding carboxylic acids is 4. The van der Waals surface area contributed by atoms with Crippen LogP contribution in [0.1, 0.15) is 46.6 Å². The van der Waals surface area contributed by atoms with E-state index in [4.69, 9.17) is 16.3 Å². The Labute approximate surface area is 238 Å². The average Bonchev–Trinajstić information content (AvgIpc) is 3.21. The lowest BCUT2D eigenvalue weighted by atomic mass is 9.55. The summed E-state index contributed by atoms with van der Waals surface area (Å²) in [4.78, 5) is 54.1. The number of likely N-dealkylation sites (tertiary alicyclic amines) is 1. The second kappa shape index (κ2) is 9.61. The maximum atomic E-state index is 13.8. The molecule has 2 bridgehead atoms. The van der Waals surface area contributed by atoms with Crippen LogP contribution in [-0.4, -0.2) is 41.2 Å². The minimum atomic E-state index is -1.17. The SMILES string of the molecule is Cc1c(NC(=O)COC(=O)[C@H](C)N2C(=O)[C@H]3C4c5ccccc5C(c5ccccc54)[C@@H]3C2=O)ccc(Br)c1Cl. The largest absolute Gasteiger partial charge is 0.454 e. The molecule has 0 unspecified atom stereocenters. The van der Waals surface area contributed by atoms with Crippen molar-refractivity contribution >= 4 is 56.9 Å². The number of ether oxygens (including phenoxy) is 1. The van der Waals surface area contributed by atoms with Gasteiger partial charge in [-0.3, -0.25) is 19.3 Å². The number of rotatable bonds is 5. The van der Waals surface area contributed by atoms with Crippen molar-refractivity contribution in [1.82, 2.24) is 4.90 Å². The van der Waals surface area contributed by atoms with Crippen LogP contribution in [0.15, 0.2) is 65.1 Å². The average molecular weight is 608 g/mol. The Bertz CT molecular complexity index is 1460. The summed E-state index contributed by atoms with van der Waals surface area (Å²) in [6.07, 6.45) is 0. The van der Waals surface area contributed by atoms with Gasteiger partial charge in [0, 0.05) is 22.0 Å². The summed E-state index contributed by atoms with van der Waals surface area (Å²) in [6, 6.07) is 18.1. The number of hydrogen-bond donors (Lipinski definition) is 1. The van der Waals surface area contributed by atoms with Crippen molar-refractivity contribution in [3.63, 3.8) is 0 Å². The predicted octanol–water partition coefficient (Wildman–Crippen LogP) is 5.17. The minimum absolute atomic E-state index is 0.260. The molecule has 3 atom stereocenters. The number of anilines is 1. The van der Waals surface area contributed by atoms with Crippen LogP contribution in [0.4, 0.5) is 5.69 Å². The highest BCUT2D eigenvalue weighted by Gasteiger charge is 2.62. The lowest BCUT2D eigenvalue weighted by Gasteiger charge is -2.45. The second-order valence-electron chi connectivity index (χ2n) is 10.2. The van der Waals surface area contributed by atoms with E-state index in [1.807, 2.05) is 48.5 Å². The molecule has 7 rings (SSSR count). The van der Waals surface area contributed by atoms with Crippen molar-refractivity contribution in [1.29, 1.82) is 0 Å². The molecule has 0 spiro atoms. The molecule has 1 heterocycles. The van der Waals surface area contributed by atoms with Gasteiger partial charge >= 0.3 is 5.97 Å². The molecule has 0 saturated carbocycles. The highest BCUT2D eigenvalue weighted by Crippen LogP contribution is 2.61. The number of hydrogen-bond acceptors (Lipinski definition) is 5. The summed E-state index contributed by atoms with van der Waals surface area (Å²) in [5.41, 5.74) is 5.37. The Morgan fingerprint density at radius 2 is 1.41 bits per heavy atom. The number of halogens is 2. The van der Waals surface area contributed by atoms with Gasteiger partial charge in [-0.1, -0.05) is 60.1 Å². The van der Waals surface area contributed by atoms with Gasteiger partial charge in [-0.05, 0) is 69.7 Å². The van der Waals surface area contributed by atoms with E-state index in [1.165, 1.54) is 6.92 Å². The maximum absolute atomic E-state index is 13.8. The van der Waals surface area contributed by atoms with Gasteiger partial charge < -0.3 is 10.1 Å². The summed E-state index contributed by atoms with van der Waals surface area (Å²) >= 11 is 9.55. The molecular formula is C30H24BrClN2O5. The van der Waals surface area contributed by atoms with Gasteiger partial charge in [0.15, 0.2) is 6.61 Å². The van der Waals surface area contributed by atoms with Gasteiger partial charge in [0.25, 0.3) is 5.91 Å². The first-order chi connectivity index (χ1) is 18.7. The number of nitrogens with one attached hydrogen (secondary N) is 1. The number of benzene rings is 3. The number of imide groups is 1. The monoisotopic (exact) mass is 606 g/mol. The summed E-state index contributed by atoms with van der Waals surface area (Å²) in [5, 5.41) is 3.13. The van der Waals surface area contributed by atoms with Crippen molar-refractivity contribution in [3.05, 3.63) is 98.0 Å². The van der Waals surface area contributed by atoms with Crippen LogP contribution in [0.3, 0.4) is 0 Å².